The SMILES string of the molecule is CNS(=O)(=O)c1cc(/C(C)=C/C(=O)O)ccc1C. The molecule has 1 rings (SSSR count). The Morgan fingerprint density at radius 1 is 1.39 bits per heavy atom. The largest absolute Gasteiger partial charge is 0.478 e. The van der Waals surface area contributed by atoms with Crippen molar-refractivity contribution < 1.29 is 18.3 Å². The van der Waals surface area contributed by atoms with Crippen LogP contribution < -0.4 is 4.72 Å². The van der Waals surface area contributed by atoms with Gasteiger partial charge in [0.15, 0.2) is 0 Å². The number of rotatable bonds is 4. The summed E-state index contributed by atoms with van der Waals surface area (Å²) in [6.45, 7) is 3.30. The predicted molar refractivity (Wildman–Crippen MR) is 68.7 cm³/mol. The van der Waals surface area contributed by atoms with Crippen LogP contribution >= 0.6 is 0 Å². The van der Waals surface area contributed by atoms with Crippen LogP contribution in [-0.4, -0.2) is 26.5 Å². The maximum absolute atomic E-state index is 11.8. The molecule has 0 saturated heterocycles. The monoisotopic (exact) mass is 269 g/mol. The van der Waals surface area contributed by atoms with Gasteiger partial charge in [-0.3, -0.25) is 0 Å². The highest BCUT2D eigenvalue weighted by atomic mass is 32.2. The number of aryl methyl sites for hydroxylation is 1. The van der Waals surface area contributed by atoms with Gasteiger partial charge in [-0.25, -0.2) is 17.9 Å². The predicted octanol–water partition coefficient (Wildman–Crippen LogP) is 1.39. The molecule has 98 valence electrons. The van der Waals surface area contributed by atoms with Gasteiger partial charge in [-0.05, 0) is 43.7 Å². The van der Waals surface area contributed by atoms with E-state index < -0.39 is 16.0 Å². The maximum atomic E-state index is 11.8. The smallest absolute Gasteiger partial charge is 0.328 e. The standard InChI is InChI=1S/C12H15NO4S/c1-8-4-5-10(9(2)6-12(14)15)7-11(8)18(16,17)13-3/h4-7,13H,1-3H3,(H,14,15)/b9-6+. The van der Waals surface area contributed by atoms with Gasteiger partial charge >= 0.3 is 5.97 Å². The molecule has 0 aliphatic carbocycles. The summed E-state index contributed by atoms with van der Waals surface area (Å²) >= 11 is 0. The molecule has 1 aromatic carbocycles. The molecular formula is C12H15NO4S. The number of hydrogen-bond donors (Lipinski definition) is 2. The van der Waals surface area contributed by atoms with E-state index in [9.17, 15) is 13.2 Å². The van der Waals surface area contributed by atoms with Crippen molar-refractivity contribution in [2.75, 3.05) is 7.05 Å². The molecule has 0 spiro atoms. The van der Waals surface area contributed by atoms with Gasteiger partial charge < -0.3 is 5.11 Å². The van der Waals surface area contributed by atoms with Crippen molar-refractivity contribution >= 4 is 21.6 Å². The van der Waals surface area contributed by atoms with Gasteiger partial charge in [0.2, 0.25) is 10.0 Å². The van der Waals surface area contributed by atoms with E-state index in [-0.39, 0.29) is 4.90 Å². The molecule has 0 fully saturated rings. The Kier molecular flexibility index (Phi) is 4.26. The summed E-state index contributed by atoms with van der Waals surface area (Å²) in [5.41, 5.74) is 1.67. The first-order valence-electron chi connectivity index (χ1n) is 5.23. The molecule has 0 saturated carbocycles. The van der Waals surface area contributed by atoms with E-state index in [1.165, 1.54) is 13.1 Å². The van der Waals surface area contributed by atoms with Gasteiger partial charge in [0, 0.05) is 6.08 Å². The number of sulfonamides is 1. The molecule has 0 aliphatic rings. The Bertz CT molecular complexity index is 603. The lowest BCUT2D eigenvalue weighted by molar-refractivity contribution is -0.131. The van der Waals surface area contributed by atoms with Crippen LogP contribution in [0, 0.1) is 6.92 Å². The molecule has 0 aliphatic heterocycles. The van der Waals surface area contributed by atoms with Crippen molar-refractivity contribution in [3.8, 4) is 0 Å². The van der Waals surface area contributed by atoms with Crippen molar-refractivity contribution in [3.63, 3.8) is 0 Å². The molecular weight excluding hydrogens is 254 g/mol. The molecule has 0 aromatic heterocycles. The Morgan fingerprint density at radius 2 is 2.00 bits per heavy atom. The first-order valence-corrected chi connectivity index (χ1v) is 6.72. The summed E-state index contributed by atoms with van der Waals surface area (Å²) in [5.74, 6) is -1.06. The van der Waals surface area contributed by atoms with E-state index in [0.717, 1.165) is 6.08 Å². The zero-order valence-corrected chi connectivity index (χ0v) is 11.2. The minimum atomic E-state index is -3.54. The highest BCUT2D eigenvalue weighted by molar-refractivity contribution is 7.89. The number of carbonyl (C=O) groups is 1. The quantitative estimate of drug-likeness (QED) is 0.809. The third kappa shape index (κ3) is 3.18. The van der Waals surface area contributed by atoms with Gasteiger partial charge in [0.1, 0.15) is 0 Å². The number of aliphatic carboxylic acids is 1. The minimum Gasteiger partial charge on any atom is -0.478 e. The summed E-state index contributed by atoms with van der Waals surface area (Å²) < 4.78 is 25.8. The van der Waals surface area contributed by atoms with Crippen LogP contribution in [0.5, 0.6) is 0 Å². The third-order valence-electron chi connectivity index (χ3n) is 2.54. The van der Waals surface area contributed by atoms with E-state index >= 15 is 0 Å². The lowest BCUT2D eigenvalue weighted by Gasteiger charge is -2.09. The molecule has 0 amide bonds. The Hall–Kier alpha value is -1.66. The fraction of sp³-hybridized carbons (Fsp3) is 0.250. The van der Waals surface area contributed by atoms with Crippen LogP contribution in [0.3, 0.4) is 0 Å². The van der Waals surface area contributed by atoms with E-state index in [1.807, 2.05) is 0 Å². The van der Waals surface area contributed by atoms with Gasteiger partial charge in [0.25, 0.3) is 0 Å². The Morgan fingerprint density at radius 3 is 2.50 bits per heavy atom. The highest BCUT2D eigenvalue weighted by Crippen LogP contribution is 2.21. The van der Waals surface area contributed by atoms with Crippen molar-refractivity contribution in [2.24, 2.45) is 0 Å². The molecule has 1 aromatic rings. The Balaban J connectivity index is 3.38. The van der Waals surface area contributed by atoms with Crippen LogP contribution in [0.1, 0.15) is 18.1 Å². The number of hydrogen-bond acceptors (Lipinski definition) is 3. The van der Waals surface area contributed by atoms with Crippen molar-refractivity contribution in [1.29, 1.82) is 0 Å². The van der Waals surface area contributed by atoms with Gasteiger partial charge in [-0.15, -0.1) is 0 Å². The van der Waals surface area contributed by atoms with Crippen molar-refractivity contribution in [3.05, 3.63) is 35.4 Å². The second kappa shape index (κ2) is 5.32. The third-order valence-corrected chi connectivity index (χ3v) is 4.10. The molecule has 0 radical (unpaired) electrons. The summed E-state index contributed by atoms with van der Waals surface area (Å²) in [6, 6.07) is 4.81. The molecule has 6 heteroatoms. The Labute approximate surface area is 106 Å². The average molecular weight is 269 g/mol. The average Bonchev–Trinajstić information content (AvgIpc) is 2.28. The number of benzene rings is 1. The molecule has 18 heavy (non-hydrogen) atoms. The molecule has 0 bridgehead atoms. The van der Waals surface area contributed by atoms with E-state index in [4.69, 9.17) is 5.11 Å². The first kappa shape index (κ1) is 14.4. The zero-order chi connectivity index (χ0) is 13.9. The summed E-state index contributed by atoms with van der Waals surface area (Å²) in [4.78, 5) is 10.7. The van der Waals surface area contributed by atoms with E-state index in [0.29, 0.717) is 16.7 Å². The van der Waals surface area contributed by atoms with Crippen molar-refractivity contribution in [1.82, 2.24) is 4.72 Å². The lowest BCUT2D eigenvalue weighted by Crippen LogP contribution is -2.19. The lowest BCUT2D eigenvalue weighted by atomic mass is 10.1. The number of allylic oxidation sites excluding steroid dienone is 1. The van der Waals surface area contributed by atoms with E-state index in [1.54, 1.807) is 26.0 Å². The topological polar surface area (TPSA) is 83.5 Å². The normalized spacial score (nSPS) is 12.5. The fourth-order valence-electron chi connectivity index (χ4n) is 1.51. The molecule has 0 unspecified atom stereocenters. The number of carboxylic acid groups (broad SMARTS) is 1. The molecule has 0 heterocycles. The molecule has 5 nitrogen and oxygen atoms in total. The summed E-state index contributed by atoms with van der Waals surface area (Å²) in [6.07, 6.45) is 1.04. The van der Waals surface area contributed by atoms with Crippen LogP contribution in [0.25, 0.3) is 5.57 Å². The van der Waals surface area contributed by atoms with Gasteiger partial charge in [0.05, 0.1) is 4.90 Å². The van der Waals surface area contributed by atoms with Crippen LogP contribution in [0.15, 0.2) is 29.2 Å². The van der Waals surface area contributed by atoms with Crippen LogP contribution in [0.2, 0.25) is 0 Å². The highest BCUT2D eigenvalue weighted by Gasteiger charge is 2.15. The van der Waals surface area contributed by atoms with Crippen LogP contribution in [0.4, 0.5) is 0 Å². The van der Waals surface area contributed by atoms with E-state index in [2.05, 4.69) is 4.72 Å². The second-order valence-electron chi connectivity index (χ2n) is 3.85. The first-order chi connectivity index (χ1) is 8.27. The van der Waals surface area contributed by atoms with Crippen LogP contribution in [-0.2, 0) is 14.8 Å². The minimum absolute atomic E-state index is 0.153. The number of nitrogens with one attached hydrogen (secondary N) is 1. The fourth-order valence-corrected chi connectivity index (χ4v) is 2.51. The molecule has 2 N–H and O–H groups in total. The zero-order valence-electron chi connectivity index (χ0n) is 10.4. The van der Waals surface area contributed by atoms with Gasteiger partial charge in [-0.2, -0.15) is 0 Å². The summed E-state index contributed by atoms with van der Waals surface area (Å²) in [5, 5.41) is 8.67. The molecule has 0 atom stereocenters. The maximum Gasteiger partial charge on any atom is 0.328 e. The van der Waals surface area contributed by atoms with Gasteiger partial charge in [-0.1, -0.05) is 12.1 Å². The second-order valence-corrected chi connectivity index (χ2v) is 5.71. The number of carboxylic acids is 1. The van der Waals surface area contributed by atoms with Crippen molar-refractivity contribution in [2.45, 2.75) is 18.7 Å². The summed E-state index contributed by atoms with van der Waals surface area (Å²) in [7, 11) is -2.20.